The Bertz CT molecular complexity index is 1000. The smallest absolute Gasteiger partial charge is 0.243 e. The summed E-state index contributed by atoms with van der Waals surface area (Å²) >= 11 is 1.49. The molecule has 1 aromatic heterocycles. The fourth-order valence-electron chi connectivity index (χ4n) is 2.69. The van der Waals surface area contributed by atoms with Crippen LogP contribution >= 0.6 is 11.3 Å². The molecule has 0 bridgehead atoms. The first-order valence-electron chi connectivity index (χ1n) is 8.63. The Morgan fingerprint density at radius 1 is 1.04 bits per heavy atom. The molecule has 1 aliphatic heterocycles. The summed E-state index contributed by atoms with van der Waals surface area (Å²) in [7, 11) is 0. The molecule has 0 aliphatic carbocycles. The van der Waals surface area contributed by atoms with Crippen molar-refractivity contribution in [2.24, 2.45) is 0 Å². The van der Waals surface area contributed by atoms with Gasteiger partial charge in [-0.05, 0) is 12.1 Å². The maximum absolute atomic E-state index is 12.1. The van der Waals surface area contributed by atoms with Gasteiger partial charge in [-0.15, -0.1) is 11.3 Å². The van der Waals surface area contributed by atoms with Crippen molar-refractivity contribution in [3.05, 3.63) is 59.6 Å². The fraction of sp³-hybridized carbons (Fsp3) is 0.150. The van der Waals surface area contributed by atoms with Gasteiger partial charge in [0.2, 0.25) is 18.6 Å². The first-order valence-corrected chi connectivity index (χ1v) is 9.51. The van der Waals surface area contributed by atoms with E-state index < -0.39 is 0 Å². The molecule has 0 radical (unpaired) electrons. The maximum Gasteiger partial charge on any atom is 0.243 e. The Kier molecular flexibility index (Phi) is 5.20. The second-order valence-corrected chi connectivity index (χ2v) is 6.94. The molecular formula is C20H17N3O4S. The van der Waals surface area contributed by atoms with E-state index in [-0.39, 0.29) is 31.6 Å². The third-order valence-corrected chi connectivity index (χ3v) is 4.96. The first-order chi connectivity index (χ1) is 13.7. The van der Waals surface area contributed by atoms with Gasteiger partial charge in [0.1, 0.15) is 5.01 Å². The molecule has 0 saturated heterocycles. The second kappa shape index (κ2) is 8.10. The van der Waals surface area contributed by atoms with Gasteiger partial charge >= 0.3 is 0 Å². The van der Waals surface area contributed by atoms with E-state index in [2.05, 4.69) is 15.6 Å². The van der Waals surface area contributed by atoms with Crippen molar-refractivity contribution in [3.63, 3.8) is 0 Å². The topological polar surface area (TPSA) is 89.6 Å². The number of carbonyl (C=O) groups is 2. The van der Waals surface area contributed by atoms with Crippen LogP contribution < -0.4 is 20.1 Å². The highest BCUT2D eigenvalue weighted by molar-refractivity contribution is 7.13. The summed E-state index contributed by atoms with van der Waals surface area (Å²) in [6.45, 7) is 0.0500. The Morgan fingerprint density at radius 3 is 2.71 bits per heavy atom. The van der Waals surface area contributed by atoms with Gasteiger partial charge in [0.05, 0.1) is 18.7 Å². The summed E-state index contributed by atoms with van der Waals surface area (Å²) in [5.41, 5.74) is 2.27. The molecule has 0 saturated carbocycles. The monoisotopic (exact) mass is 395 g/mol. The van der Waals surface area contributed by atoms with E-state index in [9.17, 15) is 9.59 Å². The number of ether oxygens (including phenoxy) is 2. The first kappa shape index (κ1) is 18.0. The van der Waals surface area contributed by atoms with Gasteiger partial charge in [0.15, 0.2) is 11.5 Å². The standard InChI is InChI=1S/C20H17N3O4S/c24-18(9-15-11-28-20(23-15)13-4-2-1-3-5-13)21-10-19(25)22-14-6-7-16-17(8-14)27-12-26-16/h1-8,11H,9-10,12H2,(H,21,24)(H,22,25). The second-order valence-electron chi connectivity index (χ2n) is 6.08. The molecule has 2 N–H and O–H groups in total. The lowest BCUT2D eigenvalue weighted by Crippen LogP contribution is -2.33. The molecule has 28 heavy (non-hydrogen) atoms. The zero-order chi connectivity index (χ0) is 19.3. The summed E-state index contributed by atoms with van der Waals surface area (Å²) in [5.74, 6) is 0.644. The molecule has 1 aliphatic rings. The summed E-state index contributed by atoms with van der Waals surface area (Å²) < 4.78 is 10.5. The third kappa shape index (κ3) is 4.29. The summed E-state index contributed by atoms with van der Waals surface area (Å²) in [5, 5.41) is 8.04. The van der Waals surface area contributed by atoms with E-state index >= 15 is 0 Å². The highest BCUT2D eigenvalue weighted by atomic mass is 32.1. The highest BCUT2D eigenvalue weighted by Crippen LogP contribution is 2.34. The van der Waals surface area contributed by atoms with Crippen molar-refractivity contribution in [1.29, 1.82) is 0 Å². The number of hydrogen-bond acceptors (Lipinski definition) is 6. The molecule has 0 fully saturated rings. The van der Waals surface area contributed by atoms with E-state index in [0.717, 1.165) is 10.6 Å². The van der Waals surface area contributed by atoms with E-state index in [1.807, 2.05) is 35.7 Å². The number of nitrogens with one attached hydrogen (secondary N) is 2. The predicted octanol–water partition coefficient (Wildman–Crippen LogP) is 2.84. The van der Waals surface area contributed by atoms with Gasteiger partial charge in [-0.1, -0.05) is 30.3 Å². The Labute approximate surface area is 165 Å². The van der Waals surface area contributed by atoms with Crippen LogP contribution in [0.3, 0.4) is 0 Å². The van der Waals surface area contributed by atoms with Crippen LogP contribution in [-0.4, -0.2) is 30.1 Å². The number of nitrogens with zero attached hydrogens (tertiary/aromatic N) is 1. The van der Waals surface area contributed by atoms with Crippen molar-refractivity contribution in [2.75, 3.05) is 18.7 Å². The van der Waals surface area contributed by atoms with Crippen LogP contribution in [0.2, 0.25) is 0 Å². The van der Waals surface area contributed by atoms with Gasteiger partial charge in [-0.3, -0.25) is 9.59 Å². The number of thiazole rings is 1. The number of carbonyl (C=O) groups excluding carboxylic acids is 2. The number of amides is 2. The molecule has 2 aromatic carbocycles. The molecule has 0 unspecified atom stereocenters. The minimum Gasteiger partial charge on any atom is -0.454 e. The van der Waals surface area contributed by atoms with Gasteiger partial charge in [-0.2, -0.15) is 0 Å². The molecule has 0 spiro atoms. The van der Waals surface area contributed by atoms with Gasteiger partial charge in [-0.25, -0.2) is 4.98 Å². The Balaban J connectivity index is 1.26. The summed E-state index contributed by atoms with van der Waals surface area (Å²) in [6.07, 6.45) is 0.126. The lowest BCUT2D eigenvalue weighted by Gasteiger charge is -2.07. The number of anilines is 1. The predicted molar refractivity (Wildman–Crippen MR) is 105 cm³/mol. The number of fused-ring (bicyclic) bond motifs is 1. The molecule has 8 heteroatoms. The molecular weight excluding hydrogens is 378 g/mol. The van der Waals surface area contributed by atoms with Crippen LogP contribution in [0.1, 0.15) is 5.69 Å². The van der Waals surface area contributed by atoms with E-state index in [1.165, 1.54) is 11.3 Å². The van der Waals surface area contributed by atoms with Gasteiger partial charge in [0.25, 0.3) is 0 Å². The van der Waals surface area contributed by atoms with E-state index in [1.54, 1.807) is 18.2 Å². The van der Waals surface area contributed by atoms with Crippen molar-refractivity contribution < 1.29 is 19.1 Å². The fourth-order valence-corrected chi connectivity index (χ4v) is 3.51. The lowest BCUT2D eigenvalue weighted by molar-refractivity contribution is -0.123. The van der Waals surface area contributed by atoms with Crippen LogP contribution in [0.25, 0.3) is 10.6 Å². The quantitative estimate of drug-likeness (QED) is 0.670. The Hall–Kier alpha value is -3.39. The number of hydrogen-bond donors (Lipinski definition) is 2. The van der Waals surface area contributed by atoms with Crippen molar-refractivity contribution in [2.45, 2.75) is 6.42 Å². The molecule has 2 amide bonds. The average Bonchev–Trinajstić information content (AvgIpc) is 3.36. The maximum atomic E-state index is 12.1. The highest BCUT2D eigenvalue weighted by Gasteiger charge is 2.15. The molecule has 7 nitrogen and oxygen atoms in total. The minimum atomic E-state index is -0.324. The zero-order valence-electron chi connectivity index (χ0n) is 14.8. The van der Waals surface area contributed by atoms with Gasteiger partial charge in [0, 0.05) is 22.7 Å². The van der Waals surface area contributed by atoms with Crippen molar-refractivity contribution in [1.82, 2.24) is 10.3 Å². The normalized spacial score (nSPS) is 11.9. The third-order valence-electron chi connectivity index (χ3n) is 4.02. The lowest BCUT2D eigenvalue weighted by atomic mass is 10.2. The largest absolute Gasteiger partial charge is 0.454 e. The number of aromatic nitrogens is 1. The van der Waals surface area contributed by atoms with Crippen LogP contribution in [0.15, 0.2) is 53.9 Å². The van der Waals surface area contributed by atoms with E-state index in [0.29, 0.717) is 22.9 Å². The summed E-state index contributed by atoms with van der Waals surface area (Å²) in [6, 6.07) is 14.9. The van der Waals surface area contributed by atoms with Crippen LogP contribution in [0.5, 0.6) is 11.5 Å². The molecule has 2 heterocycles. The molecule has 142 valence electrons. The van der Waals surface area contributed by atoms with Crippen molar-refractivity contribution >= 4 is 28.8 Å². The molecule has 3 aromatic rings. The van der Waals surface area contributed by atoms with Crippen LogP contribution in [-0.2, 0) is 16.0 Å². The zero-order valence-corrected chi connectivity index (χ0v) is 15.6. The SMILES string of the molecule is O=C(Cc1csc(-c2ccccc2)n1)NCC(=O)Nc1ccc2c(c1)OCO2. The minimum absolute atomic E-state index is 0.122. The number of benzene rings is 2. The van der Waals surface area contributed by atoms with Crippen LogP contribution in [0.4, 0.5) is 5.69 Å². The Morgan fingerprint density at radius 2 is 1.86 bits per heavy atom. The molecule has 4 rings (SSSR count). The van der Waals surface area contributed by atoms with Crippen LogP contribution in [0, 0.1) is 0 Å². The molecule has 0 atom stereocenters. The number of rotatable bonds is 6. The average molecular weight is 395 g/mol. The van der Waals surface area contributed by atoms with Gasteiger partial charge < -0.3 is 20.1 Å². The summed E-state index contributed by atoms with van der Waals surface area (Å²) in [4.78, 5) is 28.6. The van der Waals surface area contributed by atoms with E-state index in [4.69, 9.17) is 9.47 Å². The van der Waals surface area contributed by atoms with Crippen molar-refractivity contribution in [3.8, 4) is 22.1 Å².